The van der Waals surface area contributed by atoms with Crippen molar-refractivity contribution in [3.8, 4) is 0 Å². The SMILES string of the molecule is CC1(C(N)c2cc(Cl)ccc2Cl)CCCCO1. The number of halogens is 2. The minimum Gasteiger partial charge on any atom is -0.373 e. The predicted molar refractivity (Wildman–Crippen MR) is 71.6 cm³/mol. The van der Waals surface area contributed by atoms with Crippen molar-refractivity contribution in [2.24, 2.45) is 5.73 Å². The molecule has 0 saturated carbocycles. The van der Waals surface area contributed by atoms with Crippen molar-refractivity contribution in [3.63, 3.8) is 0 Å². The zero-order valence-electron chi connectivity index (χ0n) is 9.88. The molecule has 2 N–H and O–H groups in total. The van der Waals surface area contributed by atoms with E-state index in [2.05, 4.69) is 0 Å². The van der Waals surface area contributed by atoms with Crippen LogP contribution in [0, 0.1) is 0 Å². The van der Waals surface area contributed by atoms with Crippen molar-refractivity contribution in [2.45, 2.75) is 37.8 Å². The van der Waals surface area contributed by atoms with E-state index >= 15 is 0 Å². The van der Waals surface area contributed by atoms with E-state index in [4.69, 9.17) is 33.7 Å². The summed E-state index contributed by atoms with van der Waals surface area (Å²) in [4.78, 5) is 0. The highest BCUT2D eigenvalue weighted by Gasteiger charge is 2.36. The number of nitrogens with two attached hydrogens (primary N) is 1. The molecule has 1 aromatic rings. The quantitative estimate of drug-likeness (QED) is 0.886. The van der Waals surface area contributed by atoms with Crippen LogP contribution in [0.4, 0.5) is 0 Å². The molecular formula is C13H17Cl2NO. The predicted octanol–water partition coefficient (Wildman–Crippen LogP) is 3.95. The molecule has 1 aliphatic heterocycles. The third-order valence-corrected chi connectivity index (χ3v) is 4.03. The Labute approximate surface area is 112 Å². The molecule has 0 amide bonds. The molecule has 0 spiro atoms. The molecule has 1 heterocycles. The molecule has 1 fully saturated rings. The van der Waals surface area contributed by atoms with Gasteiger partial charge >= 0.3 is 0 Å². The summed E-state index contributed by atoms with van der Waals surface area (Å²) < 4.78 is 5.85. The summed E-state index contributed by atoms with van der Waals surface area (Å²) in [6.45, 7) is 2.82. The molecule has 2 nitrogen and oxygen atoms in total. The summed E-state index contributed by atoms with van der Waals surface area (Å²) in [5.74, 6) is 0. The van der Waals surface area contributed by atoms with Gasteiger partial charge in [0.15, 0.2) is 0 Å². The molecule has 0 radical (unpaired) electrons. The number of hydrogen-bond donors (Lipinski definition) is 1. The molecule has 1 aliphatic rings. The van der Waals surface area contributed by atoms with Gasteiger partial charge in [0, 0.05) is 16.7 Å². The summed E-state index contributed by atoms with van der Waals surface area (Å²) in [6.07, 6.45) is 3.20. The normalized spacial score (nSPS) is 26.8. The van der Waals surface area contributed by atoms with E-state index in [9.17, 15) is 0 Å². The van der Waals surface area contributed by atoms with Crippen LogP contribution in [0.1, 0.15) is 37.8 Å². The van der Waals surface area contributed by atoms with Gasteiger partial charge in [0.25, 0.3) is 0 Å². The van der Waals surface area contributed by atoms with E-state index in [1.165, 1.54) is 0 Å². The van der Waals surface area contributed by atoms with E-state index in [1.807, 2.05) is 13.0 Å². The van der Waals surface area contributed by atoms with E-state index in [0.717, 1.165) is 31.4 Å². The van der Waals surface area contributed by atoms with E-state index in [0.29, 0.717) is 10.0 Å². The highest BCUT2D eigenvalue weighted by atomic mass is 35.5. The lowest BCUT2D eigenvalue weighted by atomic mass is 9.85. The summed E-state index contributed by atoms with van der Waals surface area (Å²) in [6, 6.07) is 5.14. The van der Waals surface area contributed by atoms with Crippen molar-refractivity contribution < 1.29 is 4.74 Å². The summed E-state index contributed by atoms with van der Waals surface area (Å²) >= 11 is 12.2. The maximum Gasteiger partial charge on any atom is 0.0846 e. The Bertz CT molecular complexity index is 402. The molecular weight excluding hydrogens is 257 g/mol. The van der Waals surface area contributed by atoms with E-state index in [-0.39, 0.29) is 11.6 Å². The summed E-state index contributed by atoms with van der Waals surface area (Å²) in [5.41, 5.74) is 6.83. The first-order valence-corrected chi connectivity index (χ1v) is 6.63. The Balaban J connectivity index is 2.29. The van der Waals surface area contributed by atoms with Crippen LogP contribution in [0.15, 0.2) is 18.2 Å². The fourth-order valence-electron chi connectivity index (χ4n) is 2.28. The minimum atomic E-state index is -0.341. The highest BCUT2D eigenvalue weighted by molar-refractivity contribution is 6.33. The third-order valence-electron chi connectivity index (χ3n) is 3.45. The Morgan fingerprint density at radius 3 is 2.76 bits per heavy atom. The van der Waals surface area contributed by atoms with Crippen LogP contribution >= 0.6 is 23.2 Å². The molecule has 94 valence electrons. The minimum absolute atomic E-state index is 0.242. The van der Waals surface area contributed by atoms with Gasteiger partial charge in [0.1, 0.15) is 0 Å². The summed E-state index contributed by atoms with van der Waals surface area (Å²) in [7, 11) is 0. The van der Waals surface area contributed by atoms with Crippen molar-refractivity contribution >= 4 is 23.2 Å². The van der Waals surface area contributed by atoms with Crippen LogP contribution in [0.25, 0.3) is 0 Å². The largest absolute Gasteiger partial charge is 0.373 e. The monoisotopic (exact) mass is 273 g/mol. The first-order valence-electron chi connectivity index (χ1n) is 5.87. The molecule has 4 heteroatoms. The number of ether oxygens (including phenoxy) is 1. The lowest BCUT2D eigenvalue weighted by molar-refractivity contribution is -0.0820. The van der Waals surface area contributed by atoms with Gasteiger partial charge in [0.05, 0.1) is 11.6 Å². The maximum atomic E-state index is 6.31. The van der Waals surface area contributed by atoms with Crippen LogP contribution in [-0.4, -0.2) is 12.2 Å². The van der Waals surface area contributed by atoms with Gasteiger partial charge < -0.3 is 10.5 Å². The first-order chi connectivity index (χ1) is 8.03. The van der Waals surface area contributed by atoms with E-state index in [1.54, 1.807) is 12.1 Å². The van der Waals surface area contributed by atoms with Gasteiger partial charge in [-0.3, -0.25) is 0 Å². The van der Waals surface area contributed by atoms with Crippen molar-refractivity contribution in [1.82, 2.24) is 0 Å². The number of benzene rings is 1. The van der Waals surface area contributed by atoms with Gasteiger partial charge in [-0.25, -0.2) is 0 Å². The fraction of sp³-hybridized carbons (Fsp3) is 0.538. The van der Waals surface area contributed by atoms with Crippen molar-refractivity contribution in [1.29, 1.82) is 0 Å². The fourth-order valence-corrected chi connectivity index (χ4v) is 2.70. The van der Waals surface area contributed by atoms with Gasteiger partial charge in [-0.05, 0) is 49.9 Å². The lowest BCUT2D eigenvalue weighted by Crippen LogP contribution is -2.43. The Morgan fingerprint density at radius 1 is 1.35 bits per heavy atom. The molecule has 2 unspecified atom stereocenters. The third kappa shape index (κ3) is 2.76. The molecule has 2 atom stereocenters. The Hall–Kier alpha value is -0.280. The zero-order valence-corrected chi connectivity index (χ0v) is 11.4. The van der Waals surface area contributed by atoms with Crippen molar-refractivity contribution in [2.75, 3.05) is 6.61 Å². The molecule has 0 aliphatic carbocycles. The zero-order chi connectivity index (χ0) is 12.5. The molecule has 2 rings (SSSR count). The molecule has 1 saturated heterocycles. The van der Waals surface area contributed by atoms with Gasteiger partial charge in [-0.15, -0.1) is 0 Å². The lowest BCUT2D eigenvalue weighted by Gasteiger charge is -2.39. The van der Waals surface area contributed by atoms with Crippen LogP contribution in [-0.2, 0) is 4.74 Å². The van der Waals surface area contributed by atoms with Gasteiger partial charge in [0.2, 0.25) is 0 Å². The average molecular weight is 274 g/mol. The summed E-state index contributed by atoms with van der Waals surface area (Å²) in [5, 5.41) is 1.30. The smallest absolute Gasteiger partial charge is 0.0846 e. The second kappa shape index (κ2) is 5.15. The average Bonchev–Trinajstić information content (AvgIpc) is 2.32. The first kappa shape index (κ1) is 13.2. The topological polar surface area (TPSA) is 35.2 Å². The molecule has 0 bridgehead atoms. The number of hydrogen-bond acceptors (Lipinski definition) is 2. The van der Waals surface area contributed by atoms with Gasteiger partial charge in [-0.2, -0.15) is 0 Å². The van der Waals surface area contributed by atoms with E-state index < -0.39 is 0 Å². The van der Waals surface area contributed by atoms with Gasteiger partial charge in [-0.1, -0.05) is 23.2 Å². The maximum absolute atomic E-state index is 6.31. The van der Waals surface area contributed by atoms with Crippen LogP contribution in [0.3, 0.4) is 0 Å². The standard InChI is InChI=1S/C13H17Cl2NO/c1-13(6-2-3-7-17-13)12(16)10-8-9(14)4-5-11(10)15/h4-5,8,12H,2-3,6-7,16H2,1H3. The molecule has 17 heavy (non-hydrogen) atoms. The Morgan fingerprint density at radius 2 is 2.12 bits per heavy atom. The second-order valence-electron chi connectivity index (χ2n) is 4.76. The number of rotatable bonds is 2. The highest BCUT2D eigenvalue weighted by Crippen LogP contribution is 2.38. The van der Waals surface area contributed by atoms with Crippen LogP contribution in [0.2, 0.25) is 10.0 Å². The molecule has 0 aromatic heterocycles. The Kier molecular flexibility index (Phi) is 3.99. The van der Waals surface area contributed by atoms with Crippen LogP contribution < -0.4 is 5.73 Å². The van der Waals surface area contributed by atoms with Crippen molar-refractivity contribution in [3.05, 3.63) is 33.8 Å². The second-order valence-corrected chi connectivity index (χ2v) is 5.61. The van der Waals surface area contributed by atoms with Crippen LogP contribution in [0.5, 0.6) is 0 Å². The molecule has 1 aromatic carbocycles.